The smallest absolute Gasteiger partial charge is 0.155 e. The number of nitrogens with zero attached hydrogens (tertiary/aromatic N) is 1. The van der Waals surface area contributed by atoms with Crippen molar-refractivity contribution in [3.05, 3.63) is 35.9 Å². The van der Waals surface area contributed by atoms with Crippen molar-refractivity contribution in [1.82, 2.24) is 0 Å². The van der Waals surface area contributed by atoms with E-state index in [1.807, 2.05) is 18.2 Å². The van der Waals surface area contributed by atoms with E-state index in [1.54, 1.807) is 0 Å². The predicted molar refractivity (Wildman–Crippen MR) is 58.9 cm³/mol. The number of rotatable bonds is 3. The van der Waals surface area contributed by atoms with Gasteiger partial charge in [-0.1, -0.05) is 42.4 Å². The molecule has 2 unspecified atom stereocenters. The number of aliphatic hydroxyl groups is 1. The first kappa shape index (κ1) is 10.2. The molecular weight excluding hydrogens is 190 g/mol. The van der Waals surface area contributed by atoms with Crippen molar-refractivity contribution in [2.75, 3.05) is 6.61 Å². The summed E-state index contributed by atoms with van der Waals surface area (Å²) < 4.78 is 0. The standard InChI is InChI=1S/C12H15NO2/c1-9(10-5-3-2-4-6-10)12-7-11(8-14)15-13-12/h2-6,9,11,14H,7-8H2,1H3. The van der Waals surface area contributed by atoms with E-state index in [-0.39, 0.29) is 18.6 Å². The number of oxime groups is 1. The average molecular weight is 205 g/mol. The van der Waals surface area contributed by atoms with Crippen molar-refractivity contribution in [1.29, 1.82) is 0 Å². The van der Waals surface area contributed by atoms with Crippen molar-refractivity contribution in [2.24, 2.45) is 5.16 Å². The molecule has 0 aliphatic carbocycles. The first-order chi connectivity index (χ1) is 7.31. The SMILES string of the molecule is CC(C1=NOC(CO)C1)c1ccccc1. The molecule has 0 spiro atoms. The first-order valence-corrected chi connectivity index (χ1v) is 5.19. The summed E-state index contributed by atoms with van der Waals surface area (Å²) in [5.41, 5.74) is 2.25. The van der Waals surface area contributed by atoms with Crippen LogP contribution in [0.2, 0.25) is 0 Å². The molecule has 1 aliphatic heterocycles. The molecule has 0 bridgehead atoms. The zero-order chi connectivity index (χ0) is 10.7. The predicted octanol–water partition coefficient (Wildman–Crippen LogP) is 1.93. The van der Waals surface area contributed by atoms with Gasteiger partial charge in [-0.2, -0.15) is 0 Å². The highest BCUT2D eigenvalue weighted by Crippen LogP contribution is 2.23. The summed E-state index contributed by atoms with van der Waals surface area (Å²) in [5.74, 6) is 0.266. The molecular formula is C12H15NO2. The minimum absolute atomic E-state index is 0.0362. The van der Waals surface area contributed by atoms with Gasteiger partial charge in [-0.3, -0.25) is 0 Å². The molecule has 3 nitrogen and oxygen atoms in total. The maximum Gasteiger partial charge on any atom is 0.155 e. The molecule has 1 heterocycles. The first-order valence-electron chi connectivity index (χ1n) is 5.19. The Bertz CT molecular complexity index is 348. The second-order valence-corrected chi connectivity index (χ2v) is 3.83. The largest absolute Gasteiger partial charge is 0.392 e. The fourth-order valence-electron chi connectivity index (χ4n) is 1.74. The van der Waals surface area contributed by atoms with Crippen LogP contribution in [0.1, 0.15) is 24.8 Å². The Morgan fingerprint density at radius 3 is 2.80 bits per heavy atom. The van der Waals surface area contributed by atoms with Crippen molar-refractivity contribution in [3.8, 4) is 0 Å². The molecule has 0 fully saturated rings. The van der Waals surface area contributed by atoms with Gasteiger partial charge in [-0.05, 0) is 5.56 Å². The highest BCUT2D eigenvalue weighted by molar-refractivity contribution is 5.91. The number of aliphatic hydroxyl groups excluding tert-OH is 1. The van der Waals surface area contributed by atoms with E-state index in [0.717, 1.165) is 12.1 Å². The summed E-state index contributed by atoms with van der Waals surface area (Å²) in [7, 11) is 0. The van der Waals surface area contributed by atoms with Gasteiger partial charge < -0.3 is 9.94 Å². The second-order valence-electron chi connectivity index (χ2n) is 3.83. The van der Waals surface area contributed by atoms with Crippen LogP contribution in [0.3, 0.4) is 0 Å². The van der Waals surface area contributed by atoms with Gasteiger partial charge in [0.25, 0.3) is 0 Å². The number of hydrogen-bond acceptors (Lipinski definition) is 3. The summed E-state index contributed by atoms with van der Waals surface area (Å²) >= 11 is 0. The fourth-order valence-corrected chi connectivity index (χ4v) is 1.74. The Morgan fingerprint density at radius 1 is 1.47 bits per heavy atom. The normalized spacial score (nSPS) is 22.0. The highest BCUT2D eigenvalue weighted by atomic mass is 16.6. The van der Waals surface area contributed by atoms with Gasteiger partial charge in [0, 0.05) is 12.3 Å². The van der Waals surface area contributed by atoms with Gasteiger partial charge in [0.2, 0.25) is 0 Å². The maximum absolute atomic E-state index is 8.94. The maximum atomic E-state index is 8.94. The molecule has 1 aromatic carbocycles. The molecule has 0 amide bonds. The summed E-state index contributed by atoms with van der Waals surface area (Å²) in [4.78, 5) is 5.10. The Balaban J connectivity index is 2.07. The van der Waals surface area contributed by atoms with E-state index in [9.17, 15) is 0 Å². The monoisotopic (exact) mass is 205 g/mol. The van der Waals surface area contributed by atoms with E-state index in [0.29, 0.717) is 0 Å². The highest BCUT2D eigenvalue weighted by Gasteiger charge is 2.24. The molecule has 0 radical (unpaired) electrons. The quantitative estimate of drug-likeness (QED) is 0.819. The molecule has 80 valence electrons. The van der Waals surface area contributed by atoms with Gasteiger partial charge in [0.1, 0.15) is 0 Å². The molecule has 15 heavy (non-hydrogen) atoms. The average Bonchev–Trinajstić information content (AvgIpc) is 2.78. The molecule has 2 rings (SSSR count). The zero-order valence-corrected chi connectivity index (χ0v) is 8.76. The van der Waals surface area contributed by atoms with Crippen LogP contribution in [-0.4, -0.2) is 23.5 Å². The Kier molecular flexibility index (Phi) is 3.02. The minimum Gasteiger partial charge on any atom is -0.392 e. The van der Waals surface area contributed by atoms with Gasteiger partial charge in [-0.15, -0.1) is 0 Å². The van der Waals surface area contributed by atoms with Crippen LogP contribution in [0, 0.1) is 0 Å². The van der Waals surface area contributed by atoms with Crippen LogP contribution in [0.15, 0.2) is 35.5 Å². The van der Waals surface area contributed by atoms with Crippen LogP contribution in [0.25, 0.3) is 0 Å². The lowest BCUT2D eigenvalue weighted by atomic mass is 9.93. The van der Waals surface area contributed by atoms with Gasteiger partial charge >= 0.3 is 0 Å². The summed E-state index contributed by atoms with van der Waals surface area (Å²) in [6.07, 6.45) is 0.582. The third-order valence-electron chi connectivity index (χ3n) is 2.76. The molecule has 1 N–H and O–H groups in total. The molecule has 0 aromatic heterocycles. The van der Waals surface area contributed by atoms with Crippen LogP contribution in [0.5, 0.6) is 0 Å². The van der Waals surface area contributed by atoms with Crippen molar-refractivity contribution < 1.29 is 9.94 Å². The van der Waals surface area contributed by atoms with Crippen LogP contribution >= 0.6 is 0 Å². The third-order valence-corrected chi connectivity index (χ3v) is 2.76. The second kappa shape index (κ2) is 4.45. The number of hydrogen-bond donors (Lipinski definition) is 1. The Hall–Kier alpha value is -1.35. The lowest BCUT2D eigenvalue weighted by molar-refractivity contribution is 0.0390. The van der Waals surface area contributed by atoms with Crippen LogP contribution < -0.4 is 0 Å². The van der Waals surface area contributed by atoms with Gasteiger partial charge in [-0.25, -0.2) is 0 Å². The molecule has 1 aromatic rings. The zero-order valence-electron chi connectivity index (χ0n) is 8.76. The third kappa shape index (κ3) is 2.18. The molecule has 0 saturated carbocycles. The van der Waals surface area contributed by atoms with Crippen LogP contribution in [-0.2, 0) is 4.84 Å². The molecule has 0 saturated heterocycles. The minimum atomic E-state index is -0.147. The van der Waals surface area contributed by atoms with Gasteiger partial charge in [0.05, 0.1) is 12.3 Å². The van der Waals surface area contributed by atoms with Crippen molar-refractivity contribution in [3.63, 3.8) is 0 Å². The lowest BCUT2D eigenvalue weighted by Crippen LogP contribution is -2.15. The van der Waals surface area contributed by atoms with E-state index in [1.165, 1.54) is 5.56 Å². The van der Waals surface area contributed by atoms with Crippen molar-refractivity contribution in [2.45, 2.75) is 25.4 Å². The van der Waals surface area contributed by atoms with E-state index in [4.69, 9.17) is 9.94 Å². The van der Waals surface area contributed by atoms with E-state index >= 15 is 0 Å². The summed E-state index contributed by atoms with van der Waals surface area (Å²) in [6, 6.07) is 10.2. The Morgan fingerprint density at radius 2 is 2.20 bits per heavy atom. The van der Waals surface area contributed by atoms with Crippen LogP contribution in [0.4, 0.5) is 0 Å². The summed E-state index contributed by atoms with van der Waals surface area (Å²) in [5, 5.41) is 13.0. The lowest BCUT2D eigenvalue weighted by Gasteiger charge is -2.10. The molecule has 2 atom stereocenters. The Labute approximate surface area is 89.4 Å². The fraction of sp³-hybridized carbons (Fsp3) is 0.417. The number of benzene rings is 1. The topological polar surface area (TPSA) is 41.8 Å². The van der Waals surface area contributed by atoms with Gasteiger partial charge in [0.15, 0.2) is 6.10 Å². The summed E-state index contributed by atoms with van der Waals surface area (Å²) in [6.45, 7) is 2.14. The van der Waals surface area contributed by atoms with Crippen molar-refractivity contribution >= 4 is 5.71 Å². The molecule has 3 heteroatoms. The van der Waals surface area contributed by atoms with E-state index < -0.39 is 0 Å². The van der Waals surface area contributed by atoms with E-state index in [2.05, 4.69) is 24.2 Å². The molecule has 1 aliphatic rings.